The Balaban J connectivity index is 1.44. The second-order valence-corrected chi connectivity index (χ2v) is 7.10. The van der Waals surface area contributed by atoms with Gasteiger partial charge in [0.05, 0.1) is 5.56 Å². The Hall–Kier alpha value is -2.61. The molecule has 1 N–H and O–H groups in total. The number of hydrogen-bond donors (Lipinski definition) is 1. The highest BCUT2D eigenvalue weighted by atomic mass is 19.4. The first kappa shape index (κ1) is 18.7. The first-order chi connectivity index (χ1) is 13.4. The van der Waals surface area contributed by atoms with E-state index in [1.807, 2.05) is 4.90 Å². The summed E-state index contributed by atoms with van der Waals surface area (Å²) in [5.41, 5.74) is -0.256. The van der Waals surface area contributed by atoms with Gasteiger partial charge in [-0.2, -0.15) is 13.2 Å². The Labute approximate surface area is 160 Å². The van der Waals surface area contributed by atoms with Crippen LogP contribution in [0.2, 0.25) is 0 Å². The molecule has 2 aliphatic heterocycles. The molecule has 148 valence electrons. The van der Waals surface area contributed by atoms with Crippen molar-refractivity contribution >= 4 is 5.91 Å². The molecule has 2 unspecified atom stereocenters. The summed E-state index contributed by atoms with van der Waals surface area (Å²) in [6.45, 7) is 1.75. The Morgan fingerprint density at radius 2 is 1.82 bits per heavy atom. The van der Waals surface area contributed by atoms with Gasteiger partial charge in [-0.25, -0.2) is 4.98 Å². The maximum Gasteiger partial charge on any atom is 0.417 e. The van der Waals surface area contributed by atoms with Crippen molar-refractivity contribution in [2.45, 2.75) is 37.5 Å². The zero-order chi connectivity index (χ0) is 19.7. The fourth-order valence-electron chi connectivity index (χ4n) is 3.86. The van der Waals surface area contributed by atoms with E-state index in [0.29, 0.717) is 11.3 Å². The predicted molar refractivity (Wildman–Crippen MR) is 96.2 cm³/mol. The minimum atomic E-state index is -4.43. The molecule has 5 nitrogen and oxygen atoms in total. The lowest BCUT2D eigenvalue weighted by Crippen LogP contribution is -2.42. The van der Waals surface area contributed by atoms with E-state index in [4.69, 9.17) is 4.74 Å². The number of ether oxygens (including phenoxy) is 1. The number of carbonyl (C=O) groups excluding carboxylic acids is 1. The quantitative estimate of drug-likeness (QED) is 0.863. The number of halogens is 3. The summed E-state index contributed by atoms with van der Waals surface area (Å²) in [4.78, 5) is 18.6. The number of carbonyl (C=O) groups is 1. The lowest BCUT2D eigenvalue weighted by Gasteiger charge is -2.28. The van der Waals surface area contributed by atoms with Crippen molar-refractivity contribution in [3.8, 4) is 11.6 Å². The molecule has 4 rings (SSSR count). The van der Waals surface area contributed by atoms with E-state index >= 15 is 0 Å². The van der Waals surface area contributed by atoms with Crippen molar-refractivity contribution in [2.75, 3.05) is 13.1 Å². The molecular formula is C20H20F3N3O2. The number of benzene rings is 1. The number of hydrogen-bond acceptors (Lipinski definition) is 4. The third-order valence-electron chi connectivity index (χ3n) is 5.28. The van der Waals surface area contributed by atoms with Gasteiger partial charge in [-0.05, 0) is 56.1 Å². The van der Waals surface area contributed by atoms with Crippen LogP contribution >= 0.6 is 0 Å². The molecule has 2 aliphatic rings. The maximum atomic E-state index is 13.0. The fraction of sp³-hybridized carbons (Fsp3) is 0.400. The lowest BCUT2D eigenvalue weighted by atomic mass is 10.1. The molecular weight excluding hydrogens is 371 g/mol. The summed E-state index contributed by atoms with van der Waals surface area (Å²) in [5.74, 6) is 0.475. The van der Waals surface area contributed by atoms with Crippen LogP contribution in [0.3, 0.4) is 0 Å². The van der Waals surface area contributed by atoms with E-state index in [-0.39, 0.29) is 23.9 Å². The molecule has 28 heavy (non-hydrogen) atoms. The number of nitrogens with zero attached hydrogens (tertiary/aromatic N) is 2. The molecule has 1 aromatic carbocycles. The van der Waals surface area contributed by atoms with Crippen LogP contribution in [0.1, 0.15) is 35.2 Å². The normalized spacial score (nSPS) is 22.0. The average Bonchev–Trinajstić information content (AvgIpc) is 2.94. The number of pyridine rings is 1. The summed E-state index contributed by atoms with van der Waals surface area (Å²) in [7, 11) is 0. The van der Waals surface area contributed by atoms with E-state index in [0.717, 1.165) is 44.6 Å². The number of nitrogens with one attached hydrogen (secondary N) is 1. The molecule has 2 fully saturated rings. The van der Waals surface area contributed by atoms with Crippen molar-refractivity contribution in [2.24, 2.45) is 0 Å². The van der Waals surface area contributed by atoms with Gasteiger partial charge in [-0.15, -0.1) is 0 Å². The average molecular weight is 391 g/mol. The summed E-state index contributed by atoms with van der Waals surface area (Å²) < 4.78 is 43.2. The Kier molecular flexibility index (Phi) is 4.97. The number of fused-ring (bicyclic) bond motifs is 2. The molecule has 1 amide bonds. The summed E-state index contributed by atoms with van der Waals surface area (Å²) in [6.07, 6.45) is -0.682. The molecule has 8 heteroatoms. The second kappa shape index (κ2) is 7.43. The number of rotatable bonds is 3. The Bertz CT molecular complexity index is 823. The van der Waals surface area contributed by atoms with Crippen molar-refractivity contribution in [1.29, 1.82) is 0 Å². The van der Waals surface area contributed by atoms with E-state index in [1.54, 1.807) is 24.3 Å². The van der Waals surface area contributed by atoms with Gasteiger partial charge in [0.2, 0.25) is 5.88 Å². The van der Waals surface area contributed by atoms with E-state index in [1.165, 1.54) is 6.07 Å². The summed E-state index contributed by atoms with van der Waals surface area (Å²) in [5, 5.41) is 3.37. The lowest BCUT2D eigenvalue weighted by molar-refractivity contribution is -0.137. The molecule has 2 aromatic rings. The van der Waals surface area contributed by atoms with Gasteiger partial charge in [-0.1, -0.05) is 0 Å². The number of aromatic nitrogens is 1. The summed E-state index contributed by atoms with van der Waals surface area (Å²) >= 11 is 0. The molecule has 2 bridgehead atoms. The van der Waals surface area contributed by atoms with E-state index in [9.17, 15) is 18.0 Å². The standard InChI is InChI=1S/C20H20F3N3O2/c21-20(22,23)14-3-8-18(25-11-14)28-17-6-1-13(2-7-17)19(27)26-15-4-5-16(26)12-24-10-9-15/h1-3,6-8,11,15-16,24H,4-5,9-10,12H2. The van der Waals surface area contributed by atoms with Gasteiger partial charge in [0.1, 0.15) is 5.75 Å². The predicted octanol–water partition coefficient (Wildman–Crippen LogP) is 3.86. The van der Waals surface area contributed by atoms with Crippen LogP contribution in [-0.4, -0.2) is 41.0 Å². The van der Waals surface area contributed by atoms with Crippen molar-refractivity contribution in [1.82, 2.24) is 15.2 Å². The molecule has 2 saturated heterocycles. The zero-order valence-corrected chi connectivity index (χ0v) is 15.1. The van der Waals surface area contributed by atoms with Gasteiger partial charge < -0.3 is 15.0 Å². The summed E-state index contributed by atoms with van der Waals surface area (Å²) in [6, 6.07) is 9.22. The van der Waals surface area contributed by atoms with Crippen molar-refractivity contribution in [3.05, 3.63) is 53.7 Å². The zero-order valence-electron chi connectivity index (χ0n) is 15.1. The van der Waals surface area contributed by atoms with Gasteiger partial charge >= 0.3 is 6.18 Å². The second-order valence-electron chi connectivity index (χ2n) is 7.10. The first-order valence-electron chi connectivity index (χ1n) is 9.26. The van der Waals surface area contributed by atoms with E-state index < -0.39 is 11.7 Å². The van der Waals surface area contributed by atoms with Gasteiger partial charge in [0.25, 0.3) is 5.91 Å². The van der Waals surface area contributed by atoms with E-state index in [2.05, 4.69) is 10.3 Å². The molecule has 0 aliphatic carbocycles. The van der Waals surface area contributed by atoms with Crippen LogP contribution in [0.5, 0.6) is 11.6 Å². The highest BCUT2D eigenvalue weighted by molar-refractivity contribution is 5.95. The molecule has 0 radical (unpaired) electrons. The molecule has 2 atom stereocenters. The number of alkyl halides is 3. The monoisotopic (exact) mass is 391 g/mol. The highest BCUT2D eigenvalue weighted by Gasteiger charge is 2.38. The Morgan fingerprint density at radius 3 is 2.50 bits per heavy atom. The minimum absolute atomic E-state index is 0.00963. The van der Waals surface area contributed by atoms with Crippen LogP contribution in [-0.2, 0) is 6.18 Å². The SMILES string of the molecule is O=C(c1ccc(Oc2ccc(C(F)(F)F)cn2)cc1)N1C2CCNCC1CC2. The van der Waals surface area contributed by atoms with Gasteiger partial charge in [0.15, 0.2) is 0 Å². The highest BCUT2D eigenvalue weighted by Crippen LogP contribution is 2.31. The van der Waals surface area contributed by atoms with Crippen molar-refractivity contribution < 1.29 is 22.7 Å². The van der Waals surface area contributed by atoms with Crippen LogP contribution in [0.25, 0.3) is 0 Å². The van der Waals surface area contributed by atoms with Gasteiger partial charge in [0, 0.05) is 36.5 Å². The Morgan fingerprint density at radius 1 is 1.07 bits per heavy atom. The van der Waals surface area contributed by atoms with Crippen LogP contribution in [0.15, 0.2) is 42.6 Å². The maximum absolute atomic E-state index is 13.0. The molecule has 1 aromatic heterocycles. The third kappa shape index (κ3) is 3.82. The topological polar surface area (TPSA) is 54.5 Å². The molecule has 0 spiro atoms. The van der Waals surface area contributed by atoms with Crippen molar-refractivity contribution in [3.63, 3.8) is 0 Å². The van der Waals surface area contributed by atoms with Crippen LogP contribution in [0, 0.1) is 0 Å². The minimum Gasteiger partial charge on any atom is -0.439 e. The van der Waals surface area contributed by atoms with Crippen LogP contribution < -0.4 is 10.1 Å². The molecule has 3 heterocycles. The number of amides is 1. The third-order valence-corrected chi connectivity index (χ3v) is 5.28. The van der Waals surface area contributed by atoms with Crippen LogP contribution in [0.4, 0.5) is 13.2 Å². The van der Waals surface area contributed by atoms with Gasteiger partial charge in [-0.3, -0.25) is 4.79 Å². The fourth-order valence-corrected chi connectivity index (χ4v) is 3.86. The molecule has 0 saturated carbocycles. The first-order valence-corrected chi connectivity index (χ1v) is 9.26. The smallest absolute Gasteiger partial charge is 0.417 e. The largest absolute Gasteiger partial charge is 0.439 e.